The van der Waals surface area contributed by atoms with Gasteiger partial charge in [0, 0.05) is 13.1 Å². The van der Waals surface area contributed by atoms with Crippen molar-refractivity contribution in [3.05, 3.63) is 35.9 Å². The maximum atomic E-state index is 13.0. The van der Waals surface area contributed by atoms with E-state index in [0.29, 0.717) is 19.5 Å². The van der Waals surface area contributed by atoms with Crippen LogP contribution in [0.2, 0.25) is 0 Å². The molecule has 0 saturated carbocycles. The summed E-state index contributed by atoms with van der Waals surface area (Å²) in [6.07, 6.45) is 2.89. The predicted molar refractivity (Wildman–Crippen MR) is 110 cm³/mol. The van der Waals surface area contributed by atoms with Gasteiger partial charge in [-0.15, -0.1) is 0 Å². The highest BCUT2D eigenvalue weighted by molar-refractivity contribution is 7.89. The van der Waals surface area contributed by atoms with Gasteiger partial charge in [-0.2, -0.15) is 0 Å². The number of sulfonamides is 1. The van der Waals surface area contributed by atoms with Gasteiger partial charge >= 0.3 is 0 Å². The van der Waals surface area contributed by atoms with Gasteiger partial charge in [0.2, 0.25) is 15.9 Å². The molecular weight excluding hydrogens is 360 g/mol. The van der Waals surface area contributed by atoms with Crippen LogP contribution < -0.4 is 5.32 Å². The highest BCUT2D eigenvalue weighted by atomic mass is 32.2. The van der Waals surface area contributed by atoms with Crippen molar-refractivity contribution in [2.24, 2.45) is 11.3 Å². The van der Waals surface area contributed by atoms with Crippen LogP contribution in [-0.2, 0) is 14.8 Å². The molecule has 0 aliphatic carbocycles. The Hall–Kier alpha value is -1.40. The molecule has 1 fully saturated rings. The van der Waals surface area contributed by atoms with E-state index >= 15 is 0 Å². The number of rotatable bonds is 7. The summed E-state index contributed by atoms with van der Waals surface area (Å²) in [5.74, 6) is -0.168. The van der Waals surface area contributed by atoms with Crippen LogP contribution in [0, 0.1) is 11.3 Å². The van der Waals surface area contributed by atoms with Crippen LogP contribution in [0.25, 0.3) is 0 Å². The van der Waals surface area contributed by atoms with Crippen molar-refractivity contribution in [3.63, 3.8) is 0 Å². The van der Waals surface area contributed by atoms with Crippen molar-refractivity contribution in [3.8, 4) is 0 Å². The number of benzene rings is 1. The van der Waals surface area contributed by atoms with Crippen LogP contribution in [0.4, 0.5) is 0 Å². The third-order valence-electron chi connectivity index (χ3n) is 4.95. The molecule has 1 N–H and O–H groups in total. The minimum Gasteiger partial charge on any atom is -0.349 e. The van der Waals surface area contributed by atoms with Gasteiger partial charge in [-0.1, -0.05) is 58.0 Å². The number of hydrogen-bond acceptors (Lipinski definition) is 3. The number of hydrogen-bond donors (Lipinski definition) is 1. The van der Waals surface area contributed by atoms with Crippen molar-refractivity contribution >= 4 is 15.9 Å². The zero-order valence-electron chi connectivity index (χ0n) is 17.1. The fourth-order valence-electron chi connectivity index (χ4n) is 3.64. The number of nitrogens with zero attached hydrogens (tertiary/aromatic N) is 1. The molecule has 0 radical (unpaired) electrons. The van der Waals surface area contributed by atoms with E-state index in [1.165, 1.54) is 4.31 Å². The molecule has 1 heterocycles. The quantitative estimate of drug-likeness (QED) is 0.766. The SMILES string of the molecule is CCCS(=O)(=O)N1CCCC(C(=O)NC(CC(C)(C)C)c2ccccc2)C1. The summed E-state index contributed by atoms with van der Waals surface area (Å²) in [6, 6.07) is 9.94. The Bertz CT molecular complexity index is 711. The second-order valence-electron chi connectivity index (χ2n) is 8.75. The lowest BCUT2D eigenvalue weighted by atomic mass is 9.85. The summed E-state index contributed by atoms with van der Waals surface area (Å²) < 4.78 is 26.3. The van der Waals surface area contributed by atoms with E-state index < -0.39 is 10.0 Å². The lowest BCUT2D eigenvalue weighted by molar-refractivity contribution is -0.127. The Morgan fingerprint density at radius 1 is 1.26 bits per heavy atom. The molecule has 1 aliphatic heterocycles. The van der Waals surface area contributed by atoms with Crippen molar-refractivity contribution < 1.29 is 13.2 Å². The summed E-state index contributed by atoms with van der Waals surface area (Å²) in [4.78, 5) is 13.0. The van der Waals surface area contributed by atoms with Crippen LogP contribution in [0.3, 0.4) is 0 Å². The highest BCUT2D eigenvalue weighted by Crippen LogP contribution is 2.30. The predicted octanol–water partition coefficient (Wildman–Crippen LogP) is 3.73. The van der Waals surface area contributed by atoms with Crippen LogP contribution in [-0.4, -0.2) is 37.5 Å². The topological polar surface area (TPSA) is 66.5 Å². The molecule has 27 heavy (non-hydrogen) atoms. The largest absolute Gasteiger partial charge is 0.349 e. The molecule has 2 unspecified atom stereocenters. The van der Waals surface area contributed by atoms with Crippen LogP contribution in [0.15, 0.2) is 30.3 Å². The lowest BCUT2D eigenvalue weighted by Crippen LogP contribution is -2.46. The molecular formula is C21H34N2O3S. The second-order valence-corrected chi connectivity index (χ2v) is 10.8. The molecule has 1 amide bonds. The van der Waals surface area contributed by atoms with E-state index in [9.17, 15) is 13.2 Å². The molecule has 2 rings (SSSR count). The van der Waals surface area contributed by atoms with Gasteiger partial charge in [0.05, 0.1) is 17.7 Å². The Balaban J connectivity index is 2.10. The van der Waals surface area contributed by atoms with Crippen molar-refractivity contribution in [2.75, 3.05) is 18.8 Å². The summed E-state index contributed by atoms with van der Waals surface area (Å²) in [7, 11) is -3.26. The zero-order valence-corrected chi connectivity index (χ0v) is 17.9. The Labute approximate surface area is 164 Å². The summed E-state index contributed by atoms with van der Waals surface area (Å²) in [5.41, 5.74) is 1.16. The van der Waals surface area contributed by atoms with Gasteiger partial charge in [-0.3, -0.25) is 4.79 Å². The number of piperidine rings is 1. The first-order valence-corrected chi connectivity index (χ1v) is 11.6. The smallest absolute Gasteiger partial charge is 0.224 e. The van der Waals surface area contributed by atoms with Crippen molar-refractivity contribution in [1.82, 2.24) is 9.62 Å². The molecule has 1 saturated heterocycles. The maximum Gasteiger partial charge on any atom is 0.224 e. The second kappa shape index (κ2) is 9.20. The van der Waals surface area contributed by atoms with Gasteiger partial charge in [0.1, 0.15) is 0 Å². The first-order valence-electron chi connectivity index (χ1n) is 9.95. The number of amides is 1. The highest BCUT2D eigenvalue weighted by Gasteiger charge is 2.33. The molecule has 152 valence electrons. The average molecular weight is 395 g/mol. The van der Waals surface area contributed by atoms with Crippen LogP contribution in [0.5, 0.6) is 0 Å². The minimum absolute atomic E-state index is 0.0375. The van der Waals surface area contributed by atoms with E-state index in [4.69, 9.17) is 0 Å². The third-order valence-corrected chi connectivity index (χ3v) is 6.99. The molecule has 0 spiro atoms. The fraction of sp³-hybridized carbons (Fsp3) is 0.667. The minimum atomic E-state index is -3.26. The van der Waals surface area contributed by atoms with E-state index in [1.807, 2.05) is 37.3 Å². The van der Waals surface area contributed by atoms with Crippen LogP contribution in [0.1, 0.15) is 65.0 Å². The van der Waals surface area contributed by atoms with Crippen molar-refractivity contribution in [2.45, 2.75) is 59.4 Å². The van der Waals surface area contributed by atoms with Gasteiger partial charge in [0.15, 0.2) is 0 Å². The molecule has 0 aromatic heterocycles. The van der Waals surface area contributed by atoms with E-state index in [-0.39, 0.29) is 29.0 Å². The van der Waals surface area contributed by atoms with Crippen LogP contribution >= 0.6 is 0 Å². The van der Waals surface area contributed by atoms with E-state index in [1.54, 1.807) is 0 Å². The summed E-state index contributed by atoms with van der Waals surface area (Å²) in [5, 5.41) is 3.20. The first kappa shape index (κ1) is 21.9. The van der Waals surface area contributed by atoms with Gasteiger partial charge in [-0.05, 0) is 36.7 Å². The monoisotopic (exact) mass is 394 g/mol. The molecule has 6 heteroatoms. The normalized spacial score (nSPS) is 20.2. The zero-order chi connectivity index (χ0) is 20.1. The van der Waals surface area contributed by atoms with Gasteiger partial charge < -0.3 is 5.32 Å². The number of carbonyl (C=O) groups excluding carboxylic acids is 1. The molecule has 1 aromatic rings. The number of nitrogens with one attached hydrogen (secondary N) is 1. The Kier molecular flexibility index (Phi) is 7.46. The Morgan fingerprint density at radius 3 is 2.52 bits per heavy atom. The molecule has 5 nitrogen and oxygen atoms in total. The number of carbonyl (C=O) groups is 1. The Morgan fingerprint density at radius 2 is 1.93 bits per heavy atom. The summed E-state index contributed by atoms with van der Waals surface area (Å²) in [6.45, 7) is 9.17. The lowest BCUT2D eigenvalue weighted by Gasteiger charge is -2.33. The molecule has 2 atom stereocenters. The maximum absolute atomic E-state index is 13.0. The van der Waals surface area contributed by atoms with E-state index in [2.05, 4.69) is 26.1 Å². The molecule has 1 aromatic carbocycles. The van der Waals surface area contributed by atoms with Gasteiger partial charge in [0.25, 0.3) is 0 Å². The van der Waals surface area contributed by atoms with Crippen molar-refractivity contribution in [1.29, 1.82) is 0 Å². The van der Waals surface area contributed by atoms with E-state index in [0.717, 1.165) is 24.8 Å². The molecule has 0 bridgehead atoms. The standard InChI is InChI=1S/C21H34N2O3S/c1-5-14-27(25,26)23-13-9-12-18(16-23)20(24)22-19(15-21(2,3)4)17-10-7-6-8-11-17/h6-8,10-11,18-19H,5,9,12-16H2,1-4H3,(H,22,24). The average Bonchev–Trinajstić information content (AvgIpc) is 2.61. The fourth-order valence-corrected chi connectivity index (χ4v) is 5.22. The van der Waals surface area contributed by atoms with Gasteiger partial charge in [-0.25, -0.2) is 12.7 Å². The molecule has 1 aliphatic rings. The first-order chi connectivity index (χ1) is 12.6. The third kappa shape index (κ3) is 6.61. The summed E-state index contributed by atoms with van der Waals surface area (Å²) >= 11 is 0.